The number of nitrogens with one attached hydrogen (secondary N) is 1. The van der Waals surface area contributed by atoms with Crippen LogP contribution in [0.2, 0.25) is 0 Å². The van der Waals surface area contributed by atoms with Gasteiger partial charge in [0.05, 0.1) is 37.0 Å². The van der Waals surface area contributed by atoms with Crippen LogP contribution in [0.5, 0.6) is 11.5 Å². The molecule has 0 aliphatic carbocycles. The Morgan fingerprint density at radius 1 is 1.10 bits per heavy atom. The van der Waals surface area contributed by atoms with Gasteiger partial charge < -0.3 is 19.5 Å². The van der Waals surface area contributed by atoms with Gasteiger partial charge in [-0.25, -0.2) is 9.79 Å². The third-order valence-corrected chi connectivity index (χ3v) is 4.88. The second-order valence-electron chi connectivity index (χ2n) is 5.86. The molecule has 7 nitrogen and oxygen atoms in total. The van der Waals surface area contributed by atoms with E-state index in [-0.39, 0.29) is 11.9 Å². The number of methoxy groups -OCH3 is 2. The van der Waals surface area contributed by atoms with E-state index in [1.165, 1.54) is 11.8 Å². The number of hydrogen-bond acceptors (Lipinski definition) is 7. The fraction of sp³-hybridized carbons (Fsp3) is 0.190. The Kier molecular flexibility index (Phi) is 6.56. The second kappa shape index (κ2) is 9.29. The van der Waals surface area contributed by atoms with Crippen molar-refractivity contribution in [2.24, 2.45) is 4.99 Å². The number of thioether (sulfide) groups is 1. The summed E-state index contributed by atoms with van der Waals surface area (Å²) in [4.78, 5) is 28.9. The van der Waals surface area contributed by atoms with Gasteiger partial charge in [-0.05, 0) is 66.7 Å². The van der Waals surface area contributed by atoms with Crippen molar-refractivity contribution in [3.8, 4) is 11.5 Å². The number of nitrogens with zero attached hydrogens (tertiary/aromatic N) is 1. The molecular formula is C21H20N2O5S. The number of esters is 1. The summed E-state index contributed by atoms with van der Waals surface area (Å²) in [6.45, 7) is 2.08. The SMILES string of the molecule is CCOC(=O)c1ccc(N=C2NC(=O)/C(=C/c3ccc(OC)c(OC)c3)S2)cc1. The first-order valence-electron chi connectivity index (χ1n) is 8.83. The molecule has 1 amide bonds. The average Bonchev–Trinajstić information content (AvgIpc) is 3.07. The quantitative estimate of drug-likeness (QED) is 0.574. The molecule has 0 aromatic heterocycles. The highest BCUT2D eigenvalue weighted by atomic mass is 32.2. The van der Waals surface area contributed by atoms with Crippen LogP contribution in [0.1, 0.15) is 22.8 Å². The maximum absolute atomic E-state index is 12.3. The lowest BCUT2D eigenvalue weighted by atomic mass is 10.2. The number of ether oxygens (including phenoxy) is 3. The molecule has 29 heavy (non-hydrogen) atoms. The second-order valence-corrected chi connectivity index (χ2v) is 6.89. The largest absolute Gasteiger partial charge is 0.493 e. The summed E-state index contributed by atoms with van der Waals surface area (Å²) in [6.07, 6.45) is 1.76. The molecule has 1 saturated heterocycles. The van der Waals surface area contributed by atoms with E-state index in [4.69, 9.17) is 14.2 Å². The van der Waals surface area contributed by atoms with Gasteiger partial charge >= 0.3 is 5.97 Å². The molecule has 1 fully saturated rings. The summed E-state index contributed by atoms with van der Waals surface area (Å²) in [5.41, 5.74) is 1.88. The lowest BCUT2D eigenvalue weighted by Crippen LogP contribution is -2.19. The molecule has 0 bridgehead atoms. The summed E-state index contributed by atoms with van der Waals surface area (Å²) in [7, 11) is 3.13. The fourth-order valence-electron chi connectivity index (χ4n) is 2.58. The minimum Gasteiger partial charge on any atom is -0.493 e. The van der Waals surface area contributed by atoms with Crippen molar-refractivity contribution in [1.82, 2.24) is 5.32 Å². The normalized spacial score (nSPS) is 16.0. The summed E-state index contributed by atoms with van der Waals surface area (Å²) >= 11 is 1.24. The van der Waals surface area contributed by atoms with Gasteiger partial charge in [0, 0.05) is 0 Å². The van der Waals surface area contributed by atoms with E-state index in [0.29, 0.717) is 39.4 Å². The Labute approximate surface area is 172 Å². The van der Waals surface area contributed by atoms with Crippen LogP contribution in [-0.2, 0) is 9.53 Å². The topological polar surface area (TPSA) is 86.2 Å². The van der Waals surface area contributed by atoms with Crippen molar-refractivity contribution < 1.29 is 23.8 Å². The van der Waals surface area contributed by atoms with Crippen molar-refractivity contribution in [3.63, 3.8) is 0 Å². The van der Waals surface area contributed by atoms with E-state index < -0.39 is 0 Å². The molecule has 0 radical (unpaired) electrons. The van der Waals surface area contributed by atoms with Crippen LogP contribution in [0.15, 0.2) is 52.4 Å². The van der Waals surface area contributed by atoms with Gasteiger partial charge in [0.1, 0.15) is 0 Å². The Morgan fingerprint density at radius 2 is 1.83 bits per heavy atom. The minimum atomic E-state index is -0.379. The van der Waals surface area contributed by atoms with Crippen molar-refractivity contribution >= 4 is 40.6 Å². The third-order valence-electron chi connectivity index (χ3n) is 3.97. The number of amidine groups is 1. The molecule has 0 unspecified atom stereocenters. The van der Waals surface area contributed by atoms with Crippen LogP contribution in [0.25, 0.3) is 6.08 Å². The molecule has 1 heterocycles. The Morgan fingerprint density at radius 3 is 2.48 bits per heavy atom. The van der Waals surface area contributed by atoms with Gasteiger partial charge in [-0.2, -0.15) is 0 Å². The standard InChI is InChI=1S/C21H20N2O5S/c1-4-28-20(25)14-6-8-15(9-7-14)22-21-23-19(24)18(29-21)12-13-5-10-16(26-2)17(11-13)27-3/h5-12H,4H2,1-3H3,(H,22,23,24)/b18-12-. The van der Waals surface area contributed by atoms with Crippen LogP contribution >= 0.6 is 11.8 Å². The van der Waals surface area contributed by atoms with E-state index in [1.807, 2.05) is 6.07 Å². The molecular weight excluding hydrogens is 392 g/mol. The third kappa shape index (κ3) is 4.97. The Hall–Kier alpha value is -3.26. The Bertz CT molecular complexity index is 983. The van der Waals surface area contributed by atoms with Crippen LogP contribution in [0, 0.1) is 0 Å². The van der Waals surface area contributed by atoms with E-state index >= 15 is 0 Å². The number of rotatable bonds is 6. The Balaban J connectivity index is 1.76. The predicted octanol–water partition coefficient (Wildman–Crippen LogP) is 3.77. The molecule has 8 heteroatoms. The van der Waals surface area contributed by atoms with Gasteiger partial charge in [-0.1, -0.05) is 6.07 Å². The first-order valence-corrected chi connectivity index (χ1v) is 9.64. The number of carbonyl (C=O) groups is 2. The van der Waals surface area contributed by atoms with E-state index in [1.54, 1.807) is 63.6 Å². The fourth-order valence-corrected chi connectivity index (χ4v) is 3.42. The number of hydrogen-bond donors (Lipinski definition) is 1. The zero-order valence-electron chi connectivity index (χ0n) is 16.2. The van der Waals surface area contributed by atoms with Crippen LogP contribution in [-0.4, -0.2) is 37.9 Å². The number of carbonyl (C=O) groups excluding carboxylic acids is 2. The molecule has 2 aromatic rings. The maximum Gasteiger partial charge on any atom is 0.338 e. The molecule has 0 saturated carbocycles. The van der Waals surface area contributed by atoms with Crippen molar-refractivity contribution in [1.29, 1.82) is 0 Å². The summed E-state index contributed by atoms with van der Waals surface area (Å²) in [5, 5.41) is 3.20. The molecule has 2 aromatic carbocycles. The molecule has 1 aliphatic heterocycles. The van der Waals surface area contributed by atoms with Gasteiger partial charge in [-0.15, -0.1) is 0 Å². The van der Waals surface area contributed by atoms with Gasteiger partial charge in [-0.3, -0.25) is 4.79 Å². The summed E-state index contributed by atoms with van der Waals surface area (Å²) < 4.78 is 15.5. The number of amides is 1. The van der Waals surface area contributed by atoms with Crippen molar-refractivity contribution in [2.75, 3.05) is 20.8 Å². The number of aliphatic imine (C=N–C) groups is 1. The van der Waals surface area contributed by atoms with E-state index in [9.17, 15) is 9.59 Å². The molecule has 1 aliphatic rings. The molecule has 0 spiro atoms. The highest BCUT2D eigenvalue weighted by Crippen LogP contribution is 2.32. The summed E-state index contributed by atoms with van der Waals surface area (Å²) in [6, 6.07) is 12.1. The highest BCUT2D eigenvalue weighted by molar-refractivity contribution is 8.18. The zero-order chi connectivity index (χ0) is 20.8. The minimum absolute atomic E-state index is 0.230. The van der Waals surface area contributed by atoms with Gasteiger partial charge in [0.2, 0.25) is 0 Å². The first kappa shape index (κ1) is 20.5. The van der Waals surface area contributed by atoms with Crippen LogP contribution in [0.3, 0.4) is 0 Å². The van der Waals surface area contributed by atoms with Crippen molar-refractivity contribution in [2.45, 2.75) is 6.92 Å². The van der Waals surface area contributed by atoms with E-state index in [2.05, 4.69) is 10.3 Å². The lowest BCUT2D eigenvalue weighted by Gasteiger charge is -2.07. The average molecular weight is 412 g/mol. The smallest absolute Gasteiger partial charge is 0.338 e. The predicted molar refractivity (Wildman–Crippen MR) is 113 cm³/mol. The molecule has 1 N–H and O–H groups in total. The number of benzene rings is 2. The van der Waals surface area contributed by atoms with Crippen LogP contribution < -0.4 is 14.8 Å². The first-order chi connectivity index (χ1) is 14.0. The van der Waals surface area contributed by atoms with Gasteiger partial charge in [0.25, 0.3) is 5.91 Å². The molecule has 150 valence electrons. The van der Waals surface area contributed by atoms with Crippen molar-refractivity contribution in [3.05, 3.63) is 58.5 Å². The molecule has 0 atom stereocenters. The highest BCUT2D eigenvalue weighted by Gasteiger charge is 2.24. The summed E-state index contributed by atoms with van der Waals surface area (Å²) in [5.74, 6) is 0.592. The maximum atomic E-state index is 12.3. The van der Waals surface area contributed by atoms with Gasteiger partial charge in [0.15, 0.2) is 16.7 Å². The van der Waals surface area contributed by atoms with E-state index in [0.717, 1.165) is 5.56 Å². The lowest BCUT2D eigenvalue weighted by molar-refractivity contribution is -0.115. The zero-order valence-corrected chi connectivity index (χ0v) is 17.0. The van der Waals surface area contributed by atoms with Crippen LogP contribution in [0.4, 0.5) is 5.69 Å². The monoisotopic (exact) mass is 412 g/mol. The molecule has 3 rings (SSSR count).